The number of carbonyl (C=O) groups is 2. The van der Waals surface area contributed by atoms with Crippen molar-refractivity contribution in [1.29, 1.82) is 0 Å². The maximum atomic E-state index is 12.5. The predicted octanol–water partition coefficient (Wildman–Crippen LogP) is 1.76. The maximum absolute atomic E-state index is 12.5. The minimum absolute atomic E-state index is 0.163. The lowest BCUT2D eigenvalue weighted by Crippen LogP contribution is -2.48. The van der Waals surface area contributed by atoms with Crippen molar-refractivity contribution >= 4 is 11.8 Å². The van der Waals surface area contributed by atoms with Crippen LogP contribution in [0.15, 0.2) is 16.5 Å². The van der Waals surface area contributed by atoms with Gasteiger partial charge in [0.15, 0.2) is 5.76 Å². The molecule has 3 heterocycles. The van der Waals surface area contributed by atoms with Crippen LogP contribution in [0.25, 0.3) is 0 Å². The lowest BCUT2D eigenvalue weighted by Gasteiger charge is -2.37. The number of ether oxygens (including phenoxy) is 1. The average molecular weight is 306 g/mol. The first-order chi connectivity index (χ1) is 10.6. The second-order valence-corrected chi connectivity index (χ2v) is 6.14. The van der Waals surface area contributed by atoms with E-state index in [-0.39, 0.29) is 17.6 Å². The normalized spacial score (nSPS) is 25.1. The fourth-order valence-electron chi connectivity index (χ4n) is 3.50. The Morgan fingerprint density at radius 3 is 2.95 bits per heavy atom. The zero-order valence-electron chi connectivity index (χ0n) is 13.1. The van der Waals surface area contributed by atoms with E-state index in [1.165, 1.54) is 0 Å². The average Bonchev–Trinajstić information content (AvgIpc) is 3.13. The summed E-state index contributed by atoms with van der Waals surface area (Å²) in [4.78, 5) is 28.5. The molecule has 22 heavy (non-hydrogen) atoms. The van der Waals surface area contributed by atoms with Crippen LogP contribution in [0.5, 0.6) is 5.95 Å². The van der Waals surface area contributed by atoms with Crippen molar-refractivity contribution in [3.63, 3.8) is 0 Å². The molecule has 2 saturated heterocycles. The largest absolute Gasteiger partial charge is 0.465 e. The van der Waals surface area contributed by atoms with Gasteiger partial charge in [-0.25, -0.2) is 0 Å². The van der Waals surface area contributed by atoms with E-state index in [0.717, 1.165) is 25.8 Å². The highest BCUT2D eigenvalue weighted by molar-refractivity contribution is 5.93. The minimum atomic E-state index is -0.391. The summed E-state index contributed by atoms with van der Waals surface area (Å²) in [5, 5.41) is 0. The van der Waals surface area contributed by atoms with Gasteiger partial charge in [-0.05, 0) is 32.3 Å². The van der Waals surface area contributed by atoms with Crippen LogP contribution in [-0.4, -0.2) is 54.9 Å². The molecule has 2 amide bonds. The number of furan rings is 1. The van der Waals surface area contributed by atoms with E-state index in [0.29, 0.717) is 25.6 Å². The molecule has 0 aromatic carbocycles. The Balaban J connectivity index is 1.71. The Hall–Kier alpha value is -1.98. The Kier molecular flexibility index (Phi) is 3.85. The topological polar surface area (TPSA) is 63.0 Å². The summed E-state index contributed by atoms with van der Waals surface area (Å²) >= 11 is 0. The van der Waals surface area contributed by atoms with Crippen LogP contribution in [0.4, 0.5) is 0 Å². The van der Waals surface area contributed by atoms with Gasteiger partial charge in [0.1, 0.15) is 0 Å². The second kappa shape index (κ2) is 5.66. The monoisotopic (exact) mass is 306 g/mol. The number of nitrogens with zero attached hydrogens (tertiary/aromatic N) is 2. The van der Waals surface area contributed by atoms with E-state index >= 15 is 0 Å². The van der Waals surface area contributed by atoms with Gasteiger partial charge in [0.25, 0.3) is 11.9 Å². The van der Waals surface area contributed by atoms with Crippen LogP contribution >= 0.6 is 0 Å². The fraction of sp³-hybridized carbons (Fsp3) is 0.625. The molecule has 0 radical (unpaired) electrons. The highest BCUT2D eigenvalue weighted by Gasteiger charge is 2.48. The third-order valence-electron chi connectivity index (χ3n) is 4.67. The third-order valence-corrected chi connectivity index (χ3v) is 4.67. The van der Waals surface area contributed by atoms with Gasteiger partial charge in [0, 0.05) is 32.7 Å². The number of likely N-dealkylation sites (tertiary alicyclic amines) is 2. The van der Waals surface area contributed by atoms with Crippen molar-refractivity contribution in [3.05, 3.63) is 17.9 Å². The quantitative estimate of drug-likeness (QED) is 0.853. The first-order valence-corrected chi connectivity index (χ1v) is 7.83. The summed E-state index contributed by atoms with van der Waals surface area (Å²) in [5.74, 6) is 0.637. The summed E-state index contributed by atoms with van der Waals surface area (Å²) in [6.45, 7) is 4.25. The first kappa shape index (κ1) is 14.9. The summed E-state index contributed by atoms with van der Waals surface area (Å²) in [7, 11) is 1.84. The highest BCUT2D eigenvalue weighted by Crippen LogP contribution is 2.40. The molecule has 0 saturated carbocycles. The molecule has 3 rings (SSSR count). The van der Waals surface area contributed by atoms with Gasteiger partial charge in [-0.1, -0.05) is 0 Å². The van der Waals surface area contributed by atoms with Crippen LogP contribution in [0.3, 0.4) is 0 Å². The molecule has 0 N–H and O–H groups in total. The minimum Gasteiger partial charge on any atom is -0.465 e. The molecular weight excluding hydrogens is 284 g/mol. The van der Waals surface area contributed by atoms with Crippen molar-refractivity contribution in [2.24, 2.45) is 5.41 Å². The summed E-state index contributed by atoms with van der Waals surface area (Å²) in [6.07, 6.45) is 2.60. The molecular formula is C16H22N2O4. The number of hydrogen-bond acceptors (Lipinski definition) is 4. The van der Waals surface area contributed by atoms with Crippen LogP contribution in [-0.2, 0) is 4.79 Å². The molecule has 2 aliphatic heterocycles. The lowest BCUT2D eigenvalue weighted by molar-refractivity contribution is -0.143. The Morgan fingerprint density at radius 1 is 1.36 bits per heavy atom. The second-order valence-electron chi connectivity index (χ2n) is 6.14. The molecule has 120 valence electrons. The van der Waals surface area contributed by atoms with Crippen molar-refractivity contribution in [3.8, 4) is 5.95 Å². The predicted molar refractivity (Wildman–Crippen MR) is 79.7 cm³/mol. The standard InChI is InChI=1S/C16H22N2O4/c1-3-21-13-6-5-12(22-13)14(19)18-10-8-16(11-18)7-4-9-17(2)15(16)20/h5-6H,3-4,7-11H2,1-2H3. The summed E-state index contributed by atoms with van der Waals surface area (Å²) < 4.78 is 10.7. The number of carbonyl (C=O) groups excluding carboxylic acids is 2. The van der Waals surface area contributed by atoms with E-state index < -0.39 is 5.41 Å². The van der Waals surface area contributed by atoms with Crippen molar-refractivity contribution in [1.82, 2.24) is 9.80 Å². The fourth-order valence-corrected chi connectivity index (χ4v) is 3.50. The molecule has 1 aromatic rings. The van der Waals surface area contributed by atoms with Crippen LogP contribution in [0, 0.1) is 5.41 Å². The van der Waals surface area contributed by atoms with E-state index in [4.69, 9.17) is 9.15 Å². The molecule has 6 heteroatoms. The Morgan fingerprint density at radius 2 is 2.18 bits per heavy atom. The van der Waals surface area contributed by atoms with E-state index in [2.05, 4.69) is 0 Å². The van der Waals surface area contributed by atoms with Gasteiger partial charge in [-0.3, -0.25) is 9.59 Å². The smallest absolute Gasteiger partial charge is 0.289 e. The van der Waals surface area contributed by atoms with E-state index in [1.807, 2.05) is 14.0 Å². The SMILES string of the molecule is CCOc1ccc(C(=O)N2CCC3(CCCN(C)C3=O)C2)o1. The van der Waals surface area contributed by atoms with Crippen molar-refractivity contribution in [2.75, 3.05) is 33.3 Å². The Labute approximate surface area is 130 Å². The zero-order chi connectivity index (χ0) is 15.7. The molecule has 0 bridgehead atoms. The number of piperidine rings is 1. The lowest BCUT2D eigenvalue weighted by atomic mass is 9.78. The maximum Gasteiger partial charge on any atom is 0.289 e. The summed E-state index contributed by atoms with van der Waals surface area (Å²) in [5.41, 5.74) is -0.391. The van der Waals surface area contributed by atoms with Gasteiger partial charge >= 0.3 is 0 Å². The first-order valence-electron chi connectivity index (χ1n) is 7.83. The molecule has 1 spiro atoms. The van der Waals surface area contributed by atoms with Gasteiger partial charge in [-0.2, -0.15) is 0 Å². The van der Waals surface area contributed by atoms with Crippen LogP contribution in [0.1, 0.15) is 36.7 Å². The molecule has 1 atom stereocenters. The molecule has 1 aromatic heterocycles. The number of amides is 2. The number of rotatable bonds is 3. The summed E-state index contributed by atoms with van der Waals surface area (Å²) in [6, 6.07) is 3.29. The molecule has 1 unspecified atom stereocenters. The molecule has 6 nitrogen and oxygen atoms in total. The van der Waals surface area contributed by atoms with Crippen LogP contribution in [0.2, 0.25) is 0 Å². The zero-order valence-corrected chi connectivity index (χ0v) is 13.1. The third kappa shape index (κ3) is 2.46. The molecule has 2 aliphatic rings. The van der Waals surface area contributed by atoms with Crippen molar-refractivity contribution < 1.29 is 18.7 Å². The molecule has 0 aliphatic carbocycles. The van der Waals surface area contributed by atoms with Crippen molar-refractivity contribution in [2.45, 2.75) is 26.2 Å². The van der Waals surface area contributed by atoms with Gasteiger partial charge < -0.3 is 19.0 Å². The van der Waals surface area contributed by atoms with E-state index in [1.54, 1.807) is 21.9 Å². The van der Waals surface area contributed by atoms with E-state index in [9.17, 15) is 9.59 Å². The molecule has 2 fully saturated rings. The van der Waals surface area contributed by atoms with Crippen LogP contribution < -0.4 is 4.74 Å². The number of hydrogen-bond donors (Lipinski definition) is 0. The van der Waals surface area contributed by atoms with Gasteiger partial charge in [-0.15, -0.1) is 0 Å². The Bertz CT molecular complexity index is 582. The van der Waals surface area contributed by atoms with Gasteiger partial charge in [0.05, 0.1) is 12.0 Å². The van der Waals surface area contributed by atoms with Gasteiger partial charge in [0.2, 0.25) is 5.91 Å². The highest BCUT2D eigenvalue weighted by atomic mass is 16.6.